The van der Waals surface area contributed by atoms with Crippen LogP contribution in [0.15, 0.2) is 36.9 Å². The molecule has 1 saturated heterocycles. The Hall–Kier alpha value is -2.67. The number of benzene rings is 1. The van der Waals surface area contributed by atoms with Crippen LogP contribution in [0.25, 0.3) is 0 Å². The first-order valence-corrected chi connectivity index (χ1v) is 5.38. The van der Waals surface area contributed by atoms with Gasteiger partial charge in [-0.25, -0.2) is 14.4 Å². The first-order chi connectivity index (χ1) is 9.40. The number of hydrogen-bond donors (Lipinski definition) is 3. The number of carboxylic acid groups (broad SMARTS) is 3. The van der Waals surface area contributed by atoms with Gasteiger partial charge in [-0.15, -0.1) is 0 Å². The van der Waals surface area contributed by atoms with Gasteiger partial charge in [0.05, 0.1) is 24.3 Å². The molecule has 1 fully saturated rings. The zero-order valence-electron chi connectivity index (χ0n) is 10.5. The molecule has 3 N–H and O–H groups in total. The molecule has 0 unspecified atom stereocenters. The van der Waals surface area contributed by atoms with Gasteiger partial charge in [-0.05, 0) is 12.1 Å². The Morgan fingerprint density at radius 3 is 1.45 bits per heavy atom. The van der Waals surface area contributed by atoms with Crippen LogP contribution in [0.5, 0.6) is 0 Å². The lowest BCUT2D eigenvalue weighted by atomic mass is 10.1. The molecule has 7 heteroatoms. The molecule has 1 aromatic carbocycles. The maximum absolute atomic E-state index is 10.5. The van der Waals surface area contributed by atoms with Crippen molar-refractivity contribution < 1.29 is 34.4 Å². The van der Waals surface area contributed by atoms with Crippen LogP contribution in [0.4, 0.5) is 0 Å². The van der Waals surface area contributed by atoms with Gasteiger partial charge in [-0.1, -0.05) is 18.7 Å². The maximum Gasteiger partial charge on any atom is 0.336 e. The number of ether oxygens (including phenoxy) is 1. The number of aliphatic carboxylic acids is 1. The highest BCUT2D eigenvalue weighted by molar-refractivity contribution is 6.01. The predicted molar refractivity (Wildman–Crippen MR) is 69.0 cm³/mol. The van der Waals surface area contributed by atoms with Crippen molar-refractivity contribution in [2.45, 2.75) is 0 Å². The molecule has 0 saturated carbocycles. The summed E-state index contributed by atoms with van der Waals surface area (Å²) < 4.78 is 4.50. The number of aromatic carboxylic acids is 2. The molecule has 1 aliphatic rings. The smallest absolute Gasteiger partial charge is 0.336 e. The summed E-state index contributed by atoms with van der Waals surface area (Å²) in [6.07, 6.45) is 0.833. The monoisotopic (exact) mass is 282 g/mol. The quantitative estimate of drug-likeness (QED) is 0.564. The number of carboxylic acids is 3. The second-order valence-corrected chi connectivity index (χ2v) is 3.31. The van der Waals surface area contributed by atoms with Crippen molar-refractivity contribution in [1.82, 2.24) is 0 Å². The third-order valence-corrected chi connectivity index (χ3v) is 1.77. The summed E-state index contributed by atoms with van der Waals surface area (Å²) in [5.41, 5.74) is -0.380. The highest BCUT2D eigenvalue weighted by Crippen LogP contribution is 2.07. The van der Waals surface area contributed by atoms with E-state index in [1.54, 1.807) is 0 Å². The lowest BCUT2D eigenvalue weighted by Crippen LogP contribution is -2.06. The minimum Gasteiger partial charge on any atom is -0.478 e. The summed E-state index contributed by atoms with van der Waals surface area (Å²) in [6.45, 7) is 4.96. The van der Waals surface area contributed by atoms with Gasteiger partial charge < -0.3 is 20.1 Å². The number of carbonyl (C=O) groups is 3. The van der Waals surface area contributed by atoms with Crippen LogP contribution in [0, 0.1) is 0 Å². The predicted octanol–water partition coefficient (Wildman–Crippen LogP) is 1.36. The van der Waals surface area contributed by atoms with E-state index in [2.05, 4.69) is 11.3 Å². The van der Waals surface area contributed by atoms with Crippen molar-refractivity contribution >= 4 is 17.9 Å². The maximum atomic E-state index is 10.5. The molecule has 0 spiro atoms. The lowest BCUT2D eigenvalue weighted by molar-refractivity contribution is -0.131. The molecule has 0 bridgehead atoms. The fraction of sp³-hybridized carbons (Fsp3) is 0.154. The normalized spacial score (nSPS) is 10.8. The molecule has 1 aliphatic heterocycles. The van der Waals surface area contributed by atoms with Crippen molar-refractivity contribution in [3.8, 4) is 0 Å². The van der Waals surface area contributed by atoms with E-state index >= 15 is 0 Å². The Morgan fingerprint density at radius 1 is 1.00 bits per heavy atom. The number of rotatable bonds is 3. The van der Waals surface area contributed by atoms with E-state index < -0.39 is 17.9 Å². The average Bonchev–Trinajstić information content (AvgIpc) is 3.27. The standard InChI is InChI=1S/C8H6O4.C3H4O2.C2H4O/c9-7(10)5-3-1-2-4-6(5)8(11)12;1-2-3(4)5;1-2-3-1/h1-4H,(H,9,10)(H,11,12);2H,1H2,(H,4,5);1-2H2. The molecule has 2 rings (SSSR count). The Labute approximate surface area is 114 Å². The molecular formula is C13H14O7. The van der Waals surface area contributed by atoms with Gasteiger partial charge in [0.1, 0.15) is 0 Å². The van der Waals surface area contributed by atoms with Crippen LogP contribution in [-0.2, 0) is 9.53 Å². The van der Waals surface area contributed by atoms with Gasteiger partial charge in [-0.2, -0.15) is 0 Å². The first kappa shape index (κ1) is 17.3. The highest BCUT2D eigenvalue weighted by Gasteiger charge is 2.13. The molecule has 1 aromatic rings. The third kappa shape index (κ3) is 8.43. The van der Waals surface area contributed by atoms with Gasteiger partial charge in [0.2, 0.25) is 0 Å². The fourth-order valence-corrected chi connectivity index (χ4v) is 0.856. The molecule has 0 aromatic heterocycles. The molecule has 108 valence electrons. The van der Waals surface area contributed by atoms with Crippen molar-refractivity contribution in [3.63, 3.8) is 0 Å². The van der Waals surface area contributed by atoms with E-state index in [-0.39, 0.29) is 11.1 Å². The van der Waals surface area contributed by atoms with Crippen molar-refractivity contribution in [3.05, 3.63) is 48.0 Å². The summed E-state index contributed by atoms with van der Waals surface area (Å²) in [6, 6.07) is 5.48. The summed E-state index contributed by atoms with van der Waals surface area (Å²) in [5.74, 6) is -3.44. The minimum atomic E-state index is -1.23. The molecule has 20 heavy (non-hydrogen) atoms. The van der Waals surface area contributed by atoms with E-state index in [9.17, 15) is 14.4 Å². The Morgan fingerprint density at radius 2 is 1.30 bits per heavy atom. The molecule has 0 aliphatic carbocycles. The van der Waals surface area contributed by atoms with Crippen LogP contribution in [0.2, 0.25) is 0 Å². The Balaban J connectivity index is 0.000000369. The molecule has 0 atom stereocenters. The van der Waals surface area contributed by atoms with E-state index in [1.807, 2.05) is 0 Å². The van der Waals surface area contributed by atoms with Crippen molar-refractivity contribution in [1.29, 1.82) is 0 Å². The van der Waals surface area contributed by atoms with Gasteiger partial charge in [-0.3, -0.25) is 0 Å². The van der Waals surface area contributed by atoms with Crippen LogP contribution >= 0.6 is 0 Å². The Kier molecular flexibility index (Phi) is 8.05. The first-order valence-electron chi connectivity index (χ1n) is 5.38. The highest BCUT2D eigenvalue weighted by atomic mass is 16.6. The number of epoxide rings is 1. The second kappa shape index (κ2) is 9.29. The largest absolute Gasteiger partial charge is 0.478 e. The summed E-state index contributed by atoms with van der Waals surface area (Å²) >= 11 is 0. The van der Waals surface area contributed by atoms with Gasteiger partial charge >= 0.3 is 17.9 Å². The molecule has 7 nitrogen and oxygen atoms in total. The lowest BCUT2D eigenvalue weighted by Gasteiger charge is -1.98. The van der Waals surface area contributed by atoms with Crippen LogP contribution in [0.3, 0.4) is 0 Å². The van der Waals surface area contributed by atoms with E-state index in [1.165, 1.54) is 24.3 Å². The van der Waals surface area contributed by atoms with Crippen LogP contribution < -0.4 is 0 Å². The molecule has 0 radical (unpaired) electrons. The molecule has 1 heterocycles. The van der Waals surface area contributed by atoms with E-state index in [4.69, 9.17) is 15.3 Å². The van der Waals surface area contributed by atoms with E-state index in [0.717, 1.165) is 19.3 Å². The molecular weight excluding hydrogens is 268 g/mol. The summed E-state index contributed by atoms with van der Waals surface area (Å²) in [5, 5.41) is 24.7. The fourth-order valence-electron chi connectivity index (χ4n) is 0.856. The average molecular weight is 282 g/mol. The van der Waals surface area contributed by atoms with Crippen LogP contribution in [-0.4, -0.2) is 46.4 Å². The van der Waals surface area contributed by atoms with Crippen molar-refractivity contribution in [2.24, 2.45) is 0 Å². The van der Waals surface area contributed by atoms with Crippen LogP contribution in [0.1, 0.15) is 20.7 Å². The van der Waals surface area contributed by atoms with Gasteiger partial charge in [0.25, 0.3) is 0 Å². The topological polar surface area (TPSA) is 124 Å². The van der Waals surface area contributed by atoms with Gasteiger partial charge in [0, 0.05) is 6.08 Å². The third-order valence-electron chi connectivity index (χ3n) is 1.77. The Bertz CT molecular complexity index is 455. The second-order valence-electron chi connectivity index (χ2n) is 3.31. The minimum absolute atomic E-state index is 0.190. The van der Waals surface area contributed by atoms with E-state index in [0.29, 0.717) is 0 Å². The zero-order valence-corrected chi connectivity index (χ0v) is 10.5. The SMILES string of the molecule is C1CO1.C=CC(=O)O.O=C(O)c1ccccc1C(=O)O. The van der Waals surface area contributed by atoms with Gasteiger partial charge in [0.15, 0.2) is 0 Å². The molecule has 0 amide bonds. The van der Waals surface area contributed by atoms with Crippen molar-refractivity contribution in [2.75, 3.05) is 13.2 Å². The summed E-state index contributed by atoms with van der Waals surface area (Å²) in [4.78, 5) is 30.2. The zero-order chi connectivity index (χ0) is 15.5. The summed E-state index contributed by atoms with van der Waals surface area (Å²) in [7, 11) is 0. The number of hydrogen-bond acceptors (Lipinski definition) is 4.